The molecule has 0 aromatic heterocycles. The molecule has 3 aliphatic rings. The lowest BCUT2D eigenvalue weighted by atomic mass is 9.80. The summed E-state index contributed by atoms with van der Waals surface area (Å²) in [5.41, 5.74) is 1.41. The van der Waals surface area contributed by atoms with Crippen LogP contribution in [-0.2, 0) is 22.7 Å². The third kappa shape index (κ3) is 5.32. The first-order chi connectivity index (χ1) is 16.9. The standard InChI is InChI=1S/C28H35N3O4.ClH/c1-20(2)16-23-26(32)31(19-21-6-4-3-5-7-21)28(27(33)29-23)10-12-30(13-11-28)18-22-8-9-24-25(17-22)35-15-14-34-24;/h3-9,17,20,23H,10-16,18-19H2,1-2H3,(H,29,33);1H. The van der Waals surface area contributed by atoms with E-state index in [0.29, 0.717) is 44.9 Å². The molecule has 2 amide bonds. The van der Waals surface area contributed by atoms with E-state index in [0.717, 1.165) is 42.3 Å². The summed E-state index contributed by atoms with van der Waals surface area (Å²) in [6.45, 7) is 8.05. The zero-order valence-electron chi connectivity index (χ0n) is 21.1. The molecule has 1 N–H and O–H groups in total. The second-order valence-corrected chi connectivity index (χ2v) is 10.4. The maximum absolute atomic E-state index is 13.7. The minimum absolute atomic E-state index is 0. The number of hydrogen-bond donors (Lipinski definition) is 1. The number of likely N-dealkylation sites (tertiary alicyclic amines) is 1. The Hall–Kier alpha value is -2.77. The van der Waals surface area contributed by atoms with Crippen molar-refractivity contribution in [1.82, 2.24) is 15.1 Å². The molecular formula is C28H36ClN3O4. The molecule has 2 fully saturated rings. The van der Waals surface area contributed by atoms with Gasteiger partial charge in [0.05, 0.1) is 0 Å². The van der Waals surface area contributed by atoms with Gasteiger partial charge in [-0.05, 0) is 48.4 Å². The van der Waals surface area contributed by atoms with Crippen LogP contribution in [0.25, 0.3) is 0 Å². The van der Waals surface area contributed by atoms with Gasteiger partial charge in [-0.15, -0.1) is 12.4 Å². The topological polar surface area (TPSA) is 71.1 Å². The molecule has 0 saturated carbocycles. The monoisotopic (exact) mass is 513 g/mol. The molecule has 0 radical (unpaired) electrons. The van der Waals surface area contributed by atoms with Crippen LogP contribution >= 0.6 is 12.4 Å². The number of piperazine rings is 1. The van der Waals surface area contributed by atoms with E-state index in [1.807, 2.05) is 47.4 Å². The Morgan fingerprint density at radius 2 is 1.64 bits per heavy atom. The predicted octanol–water partition coefficient (Wildman–Crippen LogP) is 3.79. The lowest BCUT2D eigenvalue weighted by Crippen LogP contribution is -2.72. The van der Waals surface area contributed by atoms with E-state index in [1.54, 1.807) is 0 Å². The Labute approximate surface area is 219 Å². The summed E-state index contributed by atoms with van der Waals surface area (Å²) in [6, 6.07) is 15.6. The van der Waals surface area contributed by atoms with Gasteiger partial charge in [-0.3, -0.25) is 14.5 Å². The summed E-state index contributed by atoms with van der Waals surface area (Å²) in [5, 5.41) is 3.09. The molecule has 0 aliphatic carbocycles. The van der Waals surface area contributed by atoms with Gasteiger partial charge in [0.1, 0.15) is 24.8 Å². The Kier molecular flexibility index (Phi) is 8.10. The highest BCUT2D eigenvalue weighted by Crippen LogP contribution is 2.36. The van der Waals surface area contributed by atoms with Crippen molar-refractivity contribution in [2.75, 3.05) is 26.3 Å². The smallest absolute Gasteiger partial charge is 0.246 e. The van der Waals surface area contributed by atoms with Crippen LogP contribution in [0.15, 0.2) is 48.5 Å². The average molecular weight is 514 g/mol. The number of benzene rings is 2. The number of piperidine rings is 1. The summed E-state index contributed by atoms with van der Waals surface area (Å²) in [4.78, 5) is 31.5. The van der Waals surface area contributed by atoms with Crippen LogP contribution < -0.4 is 14.8 Å². The van der Waals surface area contributed by atoms with Gasteiger partial charge < -0.3 is 19.7 Å². The molecule has 2 aromatic rings. The van der Waals surface area contributed by atoms with E-state index >= 15 is 0 Å². The van der Waals surface area contributed by atoms with Crippen LogP contribution in [0.3, 0.4) is 0 Å². The number of rotatable bonds is 6. The van der Waals surface area contributed by atoms with Crippen molar-refractivity contribution < 1.29 is 19.1 Å². The summed E-state index contributed by atoms with van der Waals surface area (Å²) in [5.74, 6) is 1.96. The molecule has 0 bridgehead atoms. The number of fused-ring (bicyclic) bond motifs is 1. The zero-order valence-corrected chi connectivity index (χ0v) is 21.9. The lowest BCUT2D eigenvalue weighted by Gasteiger charge is -2.52. The molecule has 5 rings (SSSR count). The average Bonchev–Trinajstić information content (AvgIpc) is 2.87. The highest BCUT2D eigenvalue weighted by Gasteiger charge is 2.53. The number of nitrogens with one attached hydrogen (secondary N) is 1. The number of carbonyl (C=O) groups excluding carboxylic acids is 2. The molecule has 3 aliphatic heterocycles. The molecule has 36 heavy (non-hydrogen) atoms. The van der Waals surface area contributed by atoms with E-state index in [4.69, 9.17) is 9.47 Å². The van der Waals surface area contributed by atoms with Gasteiger partial charge in [0.15, 0.2) is 11.5 Å². The van der Waals surface area contributed by atoms with Gasteiger partial charge in [0.25, 0.3) is 0 Å². The second kappa shape index (κ2) is 11.1. The normalized spacial score (nSPS) is 21.3. The van der Waals surface area contributed by atoms with Crippen molar-refractivity contribution in [2.24, 2.45) is 5.92 Å². The molecule has 7 nitrogen and oxygen atoms in total. The predicted molar refractivity (Wildman–Crippen MR) is 140 cm³/mol. The highest BCUT2D eigenvalue weighted by atomic mass is 35.5. The SMILES string of the molecule is CC(C)CC1NC(=O)C2(CCN(Cc3ccc4c(c3)OCCO4)CC2)N(Cc2ccccc2)C1=O.Cl. The van der Waals surface area contributed by atoms with E-state index in [9.17, 15) is 9.59 Å². The van der Waals surface area contributed by atoms with Gasteiger partial charge in [-0.2, -0.15) is 0 Å². The highest BCUT2D eigenvalue weighted by molar-refractivity contribution is 6.00. The number of amides is 2. The minimum Gasteiger partial charge on any atom is -0.486 e. The Balaban J connectivity index is 0.00000304. The van der Waals surface area contributed by atoms with Gasteiger partial charge in [0.2, 0.25) is 11.8 Å². The third-order valence-electron chi connectivity index (χ3n) is 7.40. The van der Waals surface area contributed by atoms with Gasteiger partial charge in [-0.1, -0.05) is 50.2 Å². The number of nitrogens with zero attached hydrogens (tertiary/aromatic N) is 2. The molecule has 1 spiro atoms. The fraction of sp³-hybridized carbons (Fsp3) is 0.500. The Morgan fingerprint density at radius 3 is 2.33 bits per heavy atom. The van der Waals surface area contributed by atoms with Crippen molar-refractivity contribution in [3.05, 3.63) is 59.7 Å². The first-order valence-electron chi connectivity index (χ1n) is 12.7. The number of halogens is 1. The zero-order chi connectivity index (χ0) is 24.4. The van der Waals surface area contributed by atoms with E-state index < -0.39 is 11.6 Å². The van der Waals surface area contributed by atoms with Crippen LogP contribution in [0.1, 0.15) is 44.2 Å². The third-order valence-corrected chi connectivity index (χ3v) is 7.40. The molecule has 1 atom stereocenters. The van der Waals surface area contributed by atoms with Crippen LogP contribution in [0.2, 0.25) is 0 Å². The summed E-state index contributed by atoms with van der Waals surface area (Å²) in [7, 11) is 0. The van der Waals surface area contributed by atoms with Gasteiger partial charge in [0, 0.05) is 26.2 Å². The number of carbonyl (C=O) groups is 2. The fourth-order valence-electron chi connectivity index (χ4n) is 5.52. The largest absolute Gasteiger partial charge is 0.486 e. The lowest BCUT2D eigenvalue weighted by molar-refractivity contribution is -0.162. The first kappa shape index (κ1) is 26.3. The quantitative estimate of drug-likeness (QED) is 0.636. The van der Waals surface area contributed by atoms with Crippen molar-refractivity contribution in [3.63, 3.8) is 0 Å². The Morgan fingerprint density at radius 1 is 0.944 bits per heavy atom. The number of ether oxygens (including phenoxy) is 2. The van der Waals surface area contributed by atoms with Gasteiger partial charge in [-0.25, -0.2) is 0 Å². The van der Waals surface area contributed by atoms with Crippen molar-refractivity contribution >= 4 is 24.2 Å². The second-order valence-electron chi connectivity index (χ2n) is 10.4. The van der Waals surface area contributed by atoms with E-state index in [2.05, 4.69) is 30.1 Å². The van der Waals surface area contributed by atoms with Crippen LogP contribution in [0.4, 0.5) is 0 Å². The van der Waals surface area contributed by atoms with Crippen molar-refractivity contribution in [2.45, 2.75) is 57.8 Å². The van der Waals surface area contributed by atoms with E-state index in [1.165, 1.54) is 0 Å². The summed E-state index contributed by atoms with van der Waals surface area (Å²) >= 11 is 0. The van der Waals surface area contributed by atoms with Crippen molar-refractivity contribution in [1.29, 1.82) is 0 Å². The molecular weight excluding hydrogens is 478 g/mol. The Bertz CT molecular complexity index is 1070. The van der Waals surface area contributed by atoms with E-state index in [-0.39, 0.29) is 24.2 Å². The van der Waals surface area contributed by atoms with Crippen LogP contribution in [0, 0.1) is 5.92 Å². The molecule has 194 valence electrons. The molecule has 2 saturated heterocycles. The molecule has 8 heteroatoms. The molecule has 2 aromatic carbocycles. The van der Waals surface area contributed by atoms with Crippen LogP contribution in [-0.4, -0.2) is 59.5 Å². The summed E-state index contributed by atoms with van der Waals surface area (Å²) < 4.78 is 11.4. The number of hydrogen-bond acceptors (Lipinski definition) is 5. The maximum atomic E-state index is 13.7. The summed E-state index contributed by atoms with van der Waals surface area (Å²) in [6.07, 6.45) is 1.90. The molecule has 3 heterocycles. The van der Waals surface area contributed by atoms with Gasteiger partial charge >= 0.3 is 0 Å². The van der Waals surface area contributed by atoms with Crippen LogP contribution in [0.5, 0.6) is 11.5 Å². The maximum Gasteiger partial charge on any atom is 0.246 e. The fourth-order valence-corrected chi connectivity index (χ4v) is 5.52. The molecule has 1 unspecified atom stereocenters. The first-order valence-corrected chi connectivity index (χ1v) is 12.7. The minimum atomic E-state index is -0.802. The van der Waals surface area contributed by atoms with Crippen molar-refractivity contribution in [3.8, 4) is 11.5 Å².